The van der Waals surface area contributed by atoms with Crippen molar-refractivity contribution in [2.24, 2.45) is 0 Å². The molecule has 0 fully saturated rings. The van der Waals surface area contributed by atoms with Crippen LogP contribution in [-0.2, 0) is 9.53 Å². The van der Waals surface area contributed by atoms with Gasteiger partial charge in [-0.25, -0.2) is 0 Å². The lowest BCUT2D eigenvalue weighted by Gasteiger charge is -2.16. The summed E-state index contributed by atoms with van der Waals surface area (Å²) in [5.41, 5.74) is 1.12. The number of rotatable bonds is 5. The number of Topliss-reactive ketones (excluding diaryl/α,β-unsaturated/α-hetero) is 1. The van der Waals surface area contributed by atoms with E-state index in [2.05, 4.69) is 10.1 Å². The number of fused-ring (bicyclic) bond motifs is 1. The Labute approximate surface area is 116 Å². The molecule has 104 valence electrons. The van der Waals surface area contributed by atoms with Crippen molar-refractivity contribution in [2.75, 3.05) is 13.7 Å². The van der Waals surface area contributed by atoms with Gasteiger partial charge in [-0.05, 0) is 6.42 Å². The van der Waals surface area contributed by atoms with Crippen LogP contribution in [0.25, 0.3) is 0 Å². The highest BCUT2D eigenvalue weighted by atomic mass is 16.5. The zero-order valence-electron chi connectivity index (χ0n) is 11.1. The molecule has 0 unspecified atom stereocenters. The van der Waals surface area contributed by atoms with Crippen molar-refractivity contribution < 1.29 is 19.1 Å². The normalized spacial score (nSPS) is 13.6. The van der Waals surface area contributed by atoms with Gasteiger partial charge in [-0.2, -0.15) is 0 Å². The van der Waals surface area contributed by atoms with E-state index in [0.717, 1.165) is 0 Å². The maximum absolute atomic E-state index is 12.2. The molecule has 1 aromatic carbocycles. The number of ketones is 2. The summed E-state index contributed by atoms with van der Waals surface area (Å²) in [5, 5.41) is 2.91. The SMILES string of the molecule is COC(=O)CCCNC1=CC(=O)c2ccccc2C1=O. The molecule has 0 saturated heterocycles. The third-order valence-corrected chi connectivity index (χ3v) is 3.06. The summed E-state index contributed by atoms with van der Waals surface area (Å²) in [7, 11) is 1.33. The standard InChI is InChI=1S/C15H15NO4/c1-20-14(18)7-4-8-16-12-9-13(17)10-5-2-3-6-11(10)15(12)19/h2-3,5-6,9,16H,4,7-8H2,1H3. The highest BCUT2D eigenvalue weighted by Gasteiger charge is 2.24. The second kappa shape index (κ2) is 6.14. The van der Waals surface area contributed by atoms with E-state index in [4.69, 9.17) is 0 Å². The first-order chi connectivity index (χ1) is 9.63. The van der Waals surface area contributed by atoms with Gasteiger partial charge in [-0.1, -0.05) is 24.3 Å². The summed E-state index contributed by atoms with van der Waals surface area (Å²) < 4.78 is 4.52. The van der Waals surface area contributed by atoms with Crippen LogP contribution in [0.1, 0.15) is 33.6 Å². The number of carbonyl (C=O) groups is 3. The molecule has 0 saturated carbocycles. The Morgan fingerprint density at radius 1 is 1.20 bits per heavy atom. The van der Waals surface area contributed by atoms with E-state index in [0.29, 0.717) is 24.1 Å². The smallest absolute Gasteiger partial charge is 0.305 e. The van der Waals surface area contributed by atoms with Gasteiger partial charge in [0.05, 0.1) is 12.8 Å². The average Bonchev–Trinajstić information content (AvgIpc) is 2.48. The summed E-state index contributed by atoms with van der Waals surface area (Å²) in [6.07, 6.45) is 2.12. The van der Waals surface area contributed by atoms with Crippen LogP contribution in [-0.4, -0.2) is 31.2 Å². The van der Waals surface area contributed by atoms with E-state index in [9.17, 15) is 14.4 Å². The molecule has 0 atom stereocenters. The maximum atomic E-state index is 12.2. The predicted molar refractivity (Wildman–Crippen MR) is 72.4 cm³/mol. The van der Waals surface area contributed by atoms with Crippen LogP contribution in [0.5, 0.6) is 0 Å². The third-order valence-electron chi connectivity index (χ3n) is 3.06. The zero-order valence-corrected chi connectivity index (χ0v) is 11.1. The van der Waals surface area contributed by atoms with Crippen LogP contribution in [0.15, 0.2) is 36.0 Å². The predicted octanol–water partition coefficient (Wildman–Crippen LogP) is 1.49. The lowest BCUT2D eigenvalue weighted by molar-refractivity contribution is -0.140. The molecule has 0 amide bonds. The fourth-order valence-corrected chi connectivity index (χ4v) is 2.00. The van der Waals surface area contributed by atoms with E-state index in [-0.39, 0.29) is 29.7 Å². The van der Waals surface area contributed by atoms with Crippen LogP contribution in [0.4, 0.5) is 0 Å². The summed E-state index contributed by atoms with van der Waals surface area (Å²) >= 11 is 0. The Bertz CT molecular complexity index is 589. The quantitative estimate of drug-likeness (QED) is 0.650. The summed E-state index contributed by atoms with van der Waals surface area (Å²) in [6, 6.07) is 6.73. The first-order valence-electron chi connectivity index (χ1n) is 6.34. The van der Waals surface area contributed by atoms with Crippen molar-refractivity contribution in [1.82, 2.24) is 5.32 Å². The van der Waals surface area contributed by atoms with E-state index >= 15 is 0 Å². The molecule has 0 radical (unpaired) electrons. The number of benzene rings is 1. The highest BCUT2D eigenvalue weighted by molar-refractivity contribution is 6.24. The first-order valence-corrected chi connectivity index (χ1v) is 6.34. The molecule has 1 aliphatic carbocycles. The van der Waals surface area contributed by atoms with Gasteiger partial charge in [0, 0.05) is 30.2 Å². The highest BCUT2D eigenvalue weighted by Crippen LogP contribution is 2.19. The van der Waals surface area contributed by atoms with E-state index in [1.165, 1.54) is 13.2 Å². The zero-order chi connectivity index (χ0) is 14.5. The minimum Gasteiger partial charge on any atom is -0.469 e. The number of hydrogen-bond acceptors (Lipinski definition) is 5. The van der Waals surface area contributed by atoms with E-state index in [1.807, 2.05) is 0 Å². The molecular formula is C15H15NO4. The Balaban J connectivity index is 1.99. The number of carbonyl (C=O) groups excluding carboxylic acids is 3. The largest absolute Gasteiger partial charge is 0.469 e. The number of ether oxygens (including phenoxy) is 1. The van der Waals surface area contributed by atoms with Crippen LogP contribution in [0.3, 0.4) is 0 Å². The molecule has 20 heavy (non-hydrogen) atoms. The second-order valence-corrected chi connectivity index (χ2v) is 4.40. The number of allylic oxidation sites excluding steroid dienone is 2. The number of methoxy groups -OCH3 is 1. The Morgan fingerprint density at radius 2 is 1.90 bits per heavy atom. The van der Waals surface area contributed by atoms with Crippen LogP contribution in [0.2, 0.25) is 0 Å². The molecule has 2 rings (SSSR count). The molecule has 1 aromatic rings. The molecule has 0 aliphatic heterocycles. The average molecular weight is 273 g/mol. The van der Waals surface area contributed by atoms with Gasteiger partial charge in [0.2, 0.25) is 5.78 Å². The molecule has 0 heterocycles. The fraction of sp³-hybridized carbons (Fsp3) is 0.267. The minimum absolute atomic E-state index is 0.185. The molecule has 0 aromatic heterocycles. The minimum atomic E-state index is -0.294. The second-order valence-electron chi connectivity index (χ2n) is 4.40. The Morgan fingerprint density at radius 3 is 2.60 bits per heavy atom. The van der Waals surface area contributed by atoms with Gasteiger partial charge in [0.25, 0.3) is 0 Å². The lowest BCUT2D eigenvalue weighted by atomic mass is 9.93. The lowest BCUT2D eigenvalue weighted by Crippen LogP contribution is -2.27. The van der Waals surface area contributed by atoms with Gasteiger partial charge in [0.1, 0.15) is 0 Å². The summed E-state index contributed by atoms with van der Waals surface area (Å²) in [5.74, 6) is -0.675. The van der Waals surface area contributed by atoms with Crippen molar-refractivity contribution in [3.8, 4) is 0 Å². The first kappa shape index (κ1) is 14.0. The summed E-state index contributed by atoms with van der Waals surface area (Å²) in [6.45, 7) is 0.433. The van der Waals surface area contributed by atoms with Crippen LogP contribution < -0.4 is 5.32 Å². The van der Waals surface area contributed by atoms with Gasteiger partial charge < -0.3 is 10.1 Å². The van der Waals surface area contributed by atoms with Crippen molar-refractivity contribution >= 4 is 17.5 Å². The van der Waals surface area contributed by atoms with Crippen molar-refractivity contribution in [2.45, 2.75) is 12.8 Å². The Kier molecular flexibility index (Phi) is 4.30. The van der Waals surface area contributed by atoms with Gasteiger partial charge in [-0.15, -0.1) is 0 Å². The molecule has 0 bridgehead atoms. The van der Waals surface area contributed by atoms with Crippen molar-refractivity contribution in [3.63, 3.8) is 0 Å². The molecule has 1 N–H and O–H groups in total. The van der Waals surface area contributed by atoms with Crippen molar-refractivity contribution in [3.05, 3.63) is 47.2 Å². The number of esters is 1. The van der Waals surface area contributed by atoms with Crippen LogP contribution in [0, 0.1) is 0 Å². The van der Waals surface area contributed by atoms with Gasteiger partial charge in [0.15, 0.2) is 5.78 Å². The molecular weight excluding hydrogens is 258 g/mol. The maximum Gasteiger partial charge on any atom is 0.305 e. The van der Waals surface area contributed by atoms with Crippen LogP contribution >= 0.6 is 0 Å². The summed E-state index contributed by atoms with van der Waals surface area (Å²) in [4.78, 5) is 35.0. The van der Waals surface area contributed by atoms with Gasteiger partial charge in [-0.3, -0.25) is 14.4 Å². The molecule has 5 heteroatoms. The topological polar surface area (TPSA) is 72.5 Å². The van der Waals surface area contributed by atoms with Gasteiger partial charge >= 0.3 is 5.97 Å². The number of nitrogens with one attached hydrogen (secondary N) is 1. The third kappa shape index (κ3) is 2.93. The molecule has 1 aliphatic rings. The monoisotopic (exact) mass is 273 g/mol. The molecule has 5 nitrogen and oxygen atoms in total. The number of hydrogen-bond donors (Lipinski definition) is 1. The van der Waals surface area contributed by atoms with Crippen molar-refractivity contribution in [1.29, 1.82) is 0 Å². The molecule has 0 spiro atoms. The fourth-order valence-electron chi connectivity index (χ4n) is 2.00. The van der Waals surface area contributed by atoms with E-state index in [1.54, 1.807) is 24.3 Å². The Hall–Kier alpha value is -2.43. The van der Waals surface area contributed by atoms with E-state index < -0.39 is 0 Å².